The Labute approximate surface area is 259 Å². The predicted molar refractivity (Wildman–Crippen MR) is 172 cm³/mol. The van der Waals surface area contributed by atoms with Crippen molar-refractivity contribution in [3.63, 3.8) is 0 Å². The first kappa shape index (κ1) is 31.2. The maximum absolute atomic E-state index is 13.7. The number of para-hydroxylation sites is 1. The van der Waals surface area contributed by atoms with Gasteiger partial charge in [-0.2, -0.15) is 8.42 Å². The van der Waals surface area contributed by atoms with Crippen LogP contribution in [0.25, 0.3) is 22.2 Å². The van der Waals surface area contributed by atoms with Crippen molar-refractivity contribution < 1.29 is 17.4 Å². The Morgan fingerprint density at radius 3 is 2.34 bits per heavy atom. The maximum Gasteiger partial charge on any atom is 0.297 e. The molecule has 0 aliphatic carbocycles. The SMILES string of the molecule is CCN(CC)C(=O)C(C)c1c(-c2ccccc2C)n(Cc2cn(CCOS(=O)(=O)c3ccc(C)cc3)nn2)c2ccccc12. The van der Waals surface area contributed by atoms with Gasteiger partial charge >= 0.3 is 0 Å². The maximum atomic E-state index is 13.7. The van der Waals surface area contributed by atoms with Crippen molar-refractivity contribution in [3.8, 4) is 11.3 Å². The predicted octanol–water partition coefficient (Wildman–Crippen LogP) is 5.94. The fraction of sp³-hybridized carbons (Fsp3) is 0.324. The molecule has 1 atom stereocenters. The summed E-state index contributed by atoms with van der Waals surface area (Å²) in [5.41, 5.74) is 6.82. The van der Waals surface area contributed by atoms with E-state index in [4.69, 9.17) is 4.18 Å². The highest BCUT2D eigenvalue weighted by atomic mass is 32.2. The summed E-state index contributed by atoms with van der Waals surface area (Å²) in [6.07, 6.45) is 1.81. The normalized spacial score (nSPS) is 12.5. The summed E-state index contributed by atoms with van der Waals surface area (Å²) in [6, 6.07) is 22.9. The summed E-state index contributed by atoms with van der Waals surface area (Å²) in [5, 5.41) is 9.69. The van der Waals surface area contributed by atoms with Gasteiger partial charge in [0.05, 0.1) is 42.4 Å². The standard InChI is InChI=1S/C34H39N5O4S/c1-6-37(7-2)34(40)26(5)32-30-14-10-11-15-31(30)39(33(32)29-13-9-8-12-25(29)4)23-27-22-38(36-35-27)20-21-43-44(41,42)28-18-16-24(3)17-19-28/h8-19,22,26H,6-7,20-21,23H2,1-5H3. The van der Waals surface area contributed by atoms with Crippen LogP contribution in [0.2, 0.25) is 0 Å². The molecule has 0 aliphatic heterocycles. The Kier molecular flexibility index (Phi) is 9.31. The van der Waals surface area contributed by atoms with Crippen LogP contribution in [0, 0.1) is 13.8 Å². The number of carbonyl (C=O) groups is 1. The van der Waals surface area contributed by atoms with E-state index in [-0.39, 0.29) is 29.9 Å². The number of amides is 1. The minimum Gasteiger partial charge on any atom is -0.343 e. The number of carbonyl (C=O) groups excluding carboxylic acids is 1. The van der Waals surface area contributed by atoms with Gasteiger partial charge in [0.15, 0.2) is 0 Å². The van der Waals surface area contributed by atoms with Gasteiger partial charge in [-0.15, -0.1) is 5.10 Å². The Balaban J connectivity index is 1.47. The zero-order valence-corrected chi connectivity index (χ0v) is 26.7. The quantitative estimate of drug-likeness (QED) is 0.162. The highest BCUT2D eigenvalue weighted by Crippen LogP contribution is 2.40. The number of fused-ring (bicyclic) bond motifs is 1. The van der Waals surface area contributed by atoms with Crippen molar-refractivity contribution in [2.45, 2.75) is 58.5 Å². The molecule has 44 heavy (non-hydrogen) atoms. The third-order valence-electron chi connectivity index (χ3n) is 8.06. The summed E-state index contributed by atoms with van der Waals surface area (Å²) >= 11 is 0. The molecular formula is C34H39N5O4S. The molecule has 10 heteroatoms. The van der Waals surface area contributed by atoms with Crippen molar-refractivity contribution in [1.29, 1.82) is 0 Å². The van der Waals surface area contributed by atoms with Gasteiger partial charge < -0.3 is 9.47 Å². The number of rotatable bonds is 12. The molecule has 1 unspecified atom stereocenters. The van der Waals surface area contributed by atoms with Gasteiger partial charge in [-0.3, -0.25) is 8.98 Å². The number of aromatic nitrogens is 4. The Morgan fingerprint density at radius 1 is 0.955 bits per heavy atom. The van der Waals surface area contributed by atoms with E-state index in [0.717, 1.165) is 38.9 Å². The zero-order chi connectivity index (χ0) is 31.4. The second-order valence-electron chi connectivity index (χ2n) is 11.0. The van der Waals surface area contributed by atoms with Crippen LogP contribution < -0.4 is 0 Å². The van der Waals surface area contributed by atoms with E-state index in [2.05, 4.69) is 46.1 Å². The van der Waals surface area contributed by atoms with Crippen LogP contribution in [-0.2, 0) is 32.2 Å². The topological polar surface area (TPSA) is 99.3 Å². The molecule has 230 valence electrons. The van der Waals surface area contributed by atoms with Crippen LogP contribution in [-0.4, -0.2) is 58.5 Å². The summed E-state index contributed by atoms with van der Waals surface area (Å²) in [6.45, 7) is 11.8. The van der Waals surface area contributed by atoms with E-state index >= 15 is 0 Å². The highest BCUT2D eigenvalue weighted by Gasteiger charge is 2.29. The summed E-state index contributed by atoms with van der Waals surface area (Å²) in [5.74, 6) is -0.266. The lowest BCUT2D eigenvalue weighted by molar-refractivity contribution is -0.132. The lowest BCUT2D eigenvalue weighted by atomic mass is 9.92. The van der Waals surface area contributed by atoms with Crippen molar-refractivity contribution in [2.24, 2.45) is 0 Å². The molecule has 5 rings (SSSR count). The van der Waals surface area contributed by atoms with Crippen LogP contribution in [0.5, 0.6) is 0 Å². The number of nitrogens with zero attached hydrogens (tertiary/aromatic N) is 5. The molecule has 5 aromatic rings. The van der Waals surface area contributed by atoms with Crippen LogP contribution in [0.1, 0.15) is 49.1 Å². The lowest BCUT2D eigenvalue weighted by Gasteiger charge is -2.24. The first-order valence-corrected chi connectivity index (χ1v) is 16.4. The van der Waals surface area contributed by atoms with Crippen LogP contribution in [0.4, 0.5) is 0 Å². The molecule has 0 saturated heterocycles. The Hall–Kier alpha value is -4.28. The Morgan fingerprint density at radius 2 is 1.64 bits per heavy atom. The van der Waals surface area contributed by atoms with E-state index in [1.807, 2.05) is 63.1 Å². The van der Waals surface area contributed by atoms with E-state index in [0.29, 0.717) is 25.3 Å². The van der Waals surface area contributed by atoms with E-state index < -0.39 is 10.1 Å². The van der Waals surface area contributed by atoms with E-state index in [9.17, 15) is 13.2 Å². The third kappa shape index (κ3) is 6.32. The van der Waals surface area contributed by atoms with Gasteiger partial charge in [0.1, 0.15) is 5.69 Å². The second kappa shape index (κ2) is 13.2. The molecule has 0 saturated carbocycles. The van der Waals surface area contributed by atoms with Crippen LogP contribution in [0.15, 0.2) is 83.9 Å². The van der Waals surface area contributed by atoms with Crippen molar-refractivity contribution >= 4 is 26.9 Å². The molecule has 0 bridgehead atoms. The van der Waals surface area contributed by atoms with Gasteiger partial charge in [0, 0.05) is 29.6 Å². The average molecular weight is 614 g/mol. The molecule has 0 aliphatic rings. The first-order valence-electron chi connectivity index (χ1n) is 15.0. The monoisotopic (exact) mass is 613 g/mol. The van der Waals surface area contributed by atoms with Gasteiger partial charge in [-0.25, -0.2) is 4.68 Å². The van der Waals surface area contributed by atoms with E-state index in [1.165, 1.54) is 12.1 Å². The fourth-order valence-corrected chi connectivity index (χ4v) is 6.59. The molecule has 1 amide bonds. The number of likely N-dealkylation sites (N-methyl/N-ethyl adjacent to an activating group) is 1. The van der Waals surface area contributed by atoms with Crippen LogP contribution >= 0.6 is 0 Å². The summed E-state index contributed by atoms with van der Waals surface area (Å²) < 4.78 is 34.3. The van der Waals surface area contributed by atoms with Gasteiger partial charge in [-0.1, -0.05) is 65.4 Å². The van der Waals surface area contributed by atoms with E-state index in [1.54, 1.807) is 16.8 Å². The minimum absolute atomic E-state index is 0.0744. The highest BCUT2D eigenvalue weighted by molar-refractivity contribution is 7.86. The first-order chi connectivity index (χ1) is 21.1. The van der Waals surface area contributed by atoms with Crippen molar-refractivity contribution in [3.05, 3.63) is 101 Å². The van der Waals surface area contributed by atoms with Crippen molar-refractivity contribution in [2.75, 3.05) is 19.7 Å². The molecule has 0 N–H and O–H groups in total. The molecule has 3 aromatic carbocycles. The number of benzene rings is 3. The third-order valence-corrected chi connectivity index (χ3v) is 9.39. The molecule has 2 aromatic heterocycles. The molecule has 9 nitrogen and oxygen atoms in total. The number of hydrogen-bond acceptors (Lipinski definition) is 6. The molecular weight excluding hydrogens is 574 g/mol. The second-order valence-corrected chi connectivity index (χ2v) is 12.6. The minimum atomic E-state index is -3.87. The van der Waals surface area contributed by atoms with Gasteiger partial charge in [-0.05, 0) is 63.9 Å². The largest absolute Gasteiger partial charge is 0.343 e. The number of aryl methyl sites for hydroxylation is 2. The summed E-state index contributed by atoms with van der Waals surface area (Å²) in [4.78, 5) is 15.7. The van der Waals surface area contributed by atoms with Crippen molar-refractivity contribution in [1.82, 2.24) is 24.5 Å². The number of hydrogen-bond donors (Lipinski definition) is 0. The molecule has 2 heterocycles. The molecule has 0 spiro atoms. The lowest BCUT2D eigenvalue weighted by Crippen LogP contribution is -2.34. The van der Waals surface area contributed by atoms with Gasteiger partial charge in [0.2, 0.25) is 5.91 Å². The average Bonchev–Trinajstić information content (AvgIpc) is 3.60. The van der Waals surface area contributed by atoms with Crippen LogP contribution in [0.3, 0.4) is 0 Å². The molecule has 0 radical (unpaired) electrons. The van der Waals surface area contributed by atoms with Gasteiger partial charge in [0.25, 0.3) is 10.1 Å². The summed E-state index contributed by atoms with van der Waals surface area (Å²) in [7, 11) is -3.87. The zero-order valence-electron chi connectivity index (χ0n) is 25.9. The smallest absolute Gasteiger partial charge is 0.297 e. The molecule has 0 fully saturated rings. The Bertz CT molecular complexity index is 1870. The fourth-order valence-electron chi connectivity index (χ4n) is 5.69.